The Bertz CT molecular complexity index is 578. The van der Waals surface area contributed by atoms with Gasteiger partial charge in [-0.1, -0.05) is 30.3 Å². The highest BCUT2D eigenvalue weighted by atomic mass is 127. The second kappa shape index (κ2) is 11.1. The summed E-state index contributed by atoms with van der Waals surface area (Å²) >= 11 is 0. The molecule has 1 N–H and O–H groups in total. The molecule has 2 rings (SSSR count). The summed E-state index contributed by atoms with van der Waals surface area (Å²) in [4.78, 5) is 7.71. The molecular weight excluding hydrogens is 472 g/mol. The van der Waals surface area contributed by atoms with E-state index in [-0.39, 0.29) is 30.1 Å². The molecule has 9 heteroatoms. The summed E-state index contributed by atoms with van der Waals surface area (Å²) in [6.45, 7) is 3.46. The van der Waals surface area contributed by atoms with Crippen LogP contribution in [0.5, 0.6) is 0 Å². The number of nitrogens with zero attached hydrogens (tertiary/aromatic N) is 3. The van der Waals surface area contributed by atoms with E-state index in [0.717, 1.165) is 5.56 Å². The molecule has 0 saturated carbocycles. The predicted molar refractivity (Wildman–Crippen MR) is 112 cm³/mol. The fourth-order valence-electron chi connectivity index (χ4n) is 3.05. The molecule has 1 aromatic rings. The number of guanidine groups is 1. The quantitative estimate of drug-likeness (QED) is 0.384. The van der Waals surface area contributed by atoms with E-state index in [1.54, 1.807) is 14.2 Å². The molecule has 154 valence electrons. The normalized spacial score (nSPS) is 18.6. The lowest BCUT2D eigenvalue weighted by Gasteiger charge is -2.39. The van der Waals surface area contributed by atoms with E-state index in [1.807, 2.05) is 35.2 Å². The molecule has 5 nitrogen and oxygen atoms in total. The molecule has 2 atom stereocenters. The van der Waals surface area contributed by atoms with Gasteiger partial charge >= 0.3 is 6.18 Å². The van der Waals surface area contributed by atoms with E-state index in [4.69, 9.17) is 4.74 Å². The van der Waals surface area contributed by atoms with Gasteiger partial charge in [-0.05, 0) is 12.5 Å². The monoisotopic (exact) mass is 500 g/mol. The molecule has 1 saturated heterocycles. The van der Waals surface area contributed by atoms with Crippen molar-refractivity contribution in [1.82, 2.24) is 15.1 Å². The maximum Gasteiger partial charge on any atom is 0.403 e. The first kappa shape index (κ1) is 24.0. The van der Waals surface area contributed by atoms with Crippen molar-refractivity contribution in [1.29, 1.82) is 0 Å². The van der Waals surface area contributed by atoms with Crippen LogP contribution >= 0.6 is 24.0 Å². The number of alkyl halides is 3. The Balaban J connectivity index is 0.00000364. The van der Waals surface area contributed by atoms with Crippen molar-refractivity contribution in [3.05, 3.63) is 35.9 Å². The minimum absolute atomic E-state index is 0. The third-order valence-electron chi connectivity index (χ3n) is 4.75. The number of hydrogen-bond acceptors (Lipinski definition) is 3. The molecule has 0 radical (unpaired) electrons. The molecule has 27 heavy (non-hydrogen) atoms. The minimum atomic E-state index is -4.19. The van der Waals surface area contributed by atoms with Gasteiger partial charge in [-0.3, -0.25) is 9.89 Å². The number of hydrogen-bond donors (Lipinski definition) is 1. The van der Waals surface area contributed by atoms with Gasteiger partial charge in [0, 0.05) is 46.9 Å². The Morgan fingerprint density at radius 1 is 1.19 bits per heavy atom. The van der Waals surface area contributed by atoms with Gasteiger partial charge in [0.1, 0.15) is 6.04 Å². The fourth-order valence-corrected chi connectivity index (χ4v) is 3.05. The van der Waals surface area contributed by atoms with E-state index in [0.29, 0.717) is 38.7 Å². The van der Waals surface area contributed by atoms with E-state index >= 15 is 0 Å². The standard InChI is InChI=1S/C18H27F3N4O.HI/c1-14(18(19,20)21)24-9-11-25(12-10-24)17(22-2)23-13-16(26-3)15-7-5-4-6-8-15;/h4-8,14,16H,9-13H2,1-3H3,(H,22,23);1H. The Morgan fingerprint density at radius 3 is 2.26 bits per heavy atom. The average Bonchev–Trinajstić information content (AvgIpc) is 2.65. The molecule has 1 aromatic carbocycles. The van der Waals surface area contributed by atoms with E-state index in [1.165, 1.54) is 11.8 Å². The van der Waals surface area contributed by atoms with E-state index < -0.39 is 12.2 Å². The number of benzene rings is 1. The van der Waals surface area contributed by atoms with Crippen molar-refractivity contribution < 1.29 is 17.9 Å². The number of nitrogens with one attached hydrogen (secondary N) is 1. The van der Waals surface area contributed by atoms with Crippen molar-refractivity contribution in [3.63, 3.8) is 0 Å². The molecule has 1 aliphatic rings. The van der Waals surface area contributed by atoms with Crippen molar-refractivity contribution in [3.8, 4) is 0 Å². The van der Waals surface area contributed by atoms with Crippen molar-refractivity contribution in [2.45, 2.75) is 25.2 Å². The largest absolute Gasteiger partial charge is 0.403 e. The summed E-state index contributed by atoms with van der Waals surface area (Å²) < 4.78 is 44.1. The molecule has 2 unspecified atom stereocenters. The number of aliphatic imine (C=N–C) groups is 1. The minimum Gasteiger partial charge on any atom is -0.375 e. The maximum absolute atomic E-state index is 12.9. The lowest BCUT2D eigenvalue weighted by molar-refractivity contribution is -0.181. The molecule has 0 spiro atoms. The van der Waals surface area contributed by atoms with Crippen molar-refractivity contribution in [2.24, 2.45) is 4.99 Å². The summed E-state index contributed by atoms with van der Waals surface area (Å²) in [7, 11) is 3.33. The molecule has 1 fully saturated rings. The topological polar surface area (TPSA) is 40.1 Å². The molecule has 0 aliphatic carbocycles. The van der Waals surface area contributed by atoms with Crippen LogP contribution in [-0.4, -0.2) is 74.9 Å². The Labute approximate surface area is 176 Å². The van der Waals surface area contributed by atoms with Crippen LogP contribution in [0, 0.1) is 0 Å². The highest BCUT2D eigenvalue weighted by molar-refractivity contribution is 14.0. The summed E-state index contributed by atoms with van der Waals surface area (Å²) in [5, 5.41) is 3.27. The summed E-state index contributed by atoms with van der Waals surface area (Å²) in [5.41, 5.74) is 1.06. The van der Waals surface area contributed by atoms with Gasteiger partial charge in [0.2, 0.25) is 0 Å². The SMILES string of the molecule is CN=C(NCC(OC)c1ccccc1)N1CCN(C(C)C(F)(F)F)CC1.I. The molecule has 0 aromatic heterocycles. The van der Waals surface area contributed by atoms with Gasteiger partial charge in [-0.2, -0.15) is 13.2 Å². The number of methoxy groups -OCH3 is 1. The first-order chi connectivity index (χ1) is 12.4. The molecular formula is C18H28F3IN4O. The van der Waals surface area contributed by atoms with Gasteiger partial charge in [0.15, 0.2) is 5.96 Å². The van der Waals surface area contributed by atoms with Crippen LogP contribution in [0.3, 0.4) is 0 Å². The van der Waals surface area contributed by atoms with E-state index in [2.05, 4.69) is 10.3 Å². The van der Waals surface area contributed by atoms with Crippen molar-refractivity contribution in [2.75, 3.05) is 46.9 Å². The lowest BCUT2D eigenvalue weighted by atomic mass is 10.1. The first-order valence-corrected chi connectivity index (χ1v) is 8.71. The fraction of sp³-hybridized carbons (Fsp3) is 0.611. The van der Waals surface area contributed by atoms with Gasteiger partial charge in [-0.15, -0.1) is 24.0 Å². The number of ether oxygens (including phenoxy) is 1. The van der Waals surface area contributed by atoms with Gasteiger partial charge in [-0.25, -0.2) is 0 Å². The lowest BCUT2D eigenvalue weighted by Crippen LogP contribution is -2.57. The third-order valence-corrected chi connectivity index (χ3v) is 4.75. The Kier molecular flexibility index (Phi) is 9.82. The maximum atomic E-state index is 12.9. The second-order valence-electron chi connectivity index (χ2n) is 6.30. The van der Waals surface area contributed by atoms with Crippen LogP contribution in [0.1, 0.15) is 18.6 Å². The smallest absolute Gasteiger partial charge is 0.375 e. The van der Waals surface area contributed by atoms with E-state index in [9.17, 15) is 13.2 Å². The molecule has 0 amide bonds. The van der Waals surface area contributed by atoms with Crippen LogP contribution in [-0.2, 0) is 4.74 Å². The average molecular weight is 500 g/mol. The second-order valence-corrected chi connectivity index (χ2v) is 6.30. The molecule has 0 bridgehead atoms. The summed E-state index contributed by atoms with van der Waals surface area (Å²) in [6, 6.07) is 8.43. The highest BCUT2D eigenvalue weighted by Gasteiger charge is 2.41. The Hall–Kier alpha value is -1.07. The van der Waals surface area contributed by atoms with Crippen LogP contribution in [0.25, 0.3) is 0 Å². The van der Waals surface area contributed by atoms with Gasteiger partial charge in [0.25, 0.3) is 0 Å². The number of piperazine rings is 1. The third kappa shape index (κ3) is 6.79. The van der Waals surface area contributed by atoms with Crippen molar-refractivity contribution >= 4 is 29.9 Å². The zero-order chi connectivity index (χ0) is 19.2. The molecule has 1 heterocycles. The van der Waals surface area contributed by atoms with Crippen LogP contribution < -0.4 is 5.32 Å². The first-order valence-electron chi connectivity index (χ1n) is 8.71. The number of rotatable bonds is 5. The summed E-state index contributed by atoms with van der Waals surface area (Å²) in [5.74, 6) is 0.683. The van der Waals surface area contributed by atoms with Crippen LogP contribution in [0.2, 0.25) is 0 Å². The summed E-state index contributed by atoms with van der Waals surface area (Å²) in [6.07, 6.45) is -4.32. The zero-order valence-corrected chi connectivity index (χ0v) is 18.2. The van der Waals surface area contributed by atoms with Crippen LogP contribution in [0.4, 0.5) is 13.2 Å². The molecule has 1 aliphatic heterocycles. The Morgan fingerprint density at radius 2 is 1.78 bits per heavy atom. The highest BCUT2D eigenvalue weighted by Crippen LogP contribution is 2.25. The van der Waals surface area contributed by atoms with Crippen LogP contribution in [0.15, 0.2) is 35.3 Å². The predicted octanol–water partition coefficient (Wildman–Crippen LogP) is 3.14. The van der Waals surface area contributed by atoms with Gasteiger partial charge in [0.05, 0.1) is 6.10 Å². The number of halogens is 4. The zero-order valence-electron chi connectivity index (χ0n) is 15.9. The van der Waals surface area contributed by atoms with Gasteiger partial charge < -0.3 is 15.0 Å².